The van der Waals surface area contributed by atoms with Crippen LogP contribution in [0.25, 0.3) is 10.9 Å². The maximum absolute atomic E-state index is 12.2. The Morgan fingerprint density at radius 1 is 1.38 bits per heavy atom. The molecule has 2 heterocycles. The molecule has 2 aromatic heterocycles. The van der Waals surface area contributed by atoms with Crippen LogP contribution in [0.2, 0.25) is 0 Å². The van der Waals surface area contributed by atoms with E-state index in [-0.39, 0.29) is 5.91 Å². The second-order valence-corrected chi connectivity index (χ2v) is 6.05. The van der Waals surface area contributed by atoms with Gasteiger partial charge in [-0.15, -0.1) is 11.3 Å². The molecule has 0 unspecified atom stereocenters. The molecule has 0 bridgehead atoms. The summed E-state index contributed by atoms with van der Waals surface area (Å²) >= 11 is 1.61. The number of thiazole rings is 1. The van der Waals surface area contributed by atoms with Crippen LogP contribution in [0.5, 0.6) is 0 Å². The Labute approximate surface area is 127 Å². The zero-order valence-corrected chi connectivity index (χ0v) is 12.9. The van der Waals surface area contributed by atoms with Crippen molar-refractivity contribution in [2.75, 3.05) is 6.54 Å². The summed E-state index contributed by atoms with van der Waals surface area (Å²) in [5.41, 5.74) is 4.11. The Morgan fingerprint density at radius 3 is 3.00 bits per heavy atom. The van der Waals surface area contributed by atoms with Crippen LogP contribution in [0.3, 0.4) is 0 Å². The highest BCUT2D eigenvalue weighted by molar-refractivity contribution is 7.09. The van der Waals surface area contributed by atoms with Crippen molar-refractivity contribution in [2.45, 2.75) is 20.3 Å². The van der Waals surface area contributed by atoms with Crippen molar-refractivity contribution in [3.8, 4) is 0 Å². The summed E-state index contributed by atoms with van der Waals surface area (Å²) in [5, 5.41) is 7.05. The fraction of sp³-hybridized carbons (Fsp3) is 0.250. The fourth-order valence-electron chi connectivity index (χ4n) is 2.36. The summed E-state index contributed by atoms with van der Waals surface area (Å²) in [6, 6.07) is 5.77. The van der Waals surface area contributed by atoms with E-state index in [1.807, 2.05) is 30.5 Å². The monoisotopic (exact) mass is 299 g/mol. The number of H-pyrrole nitrogens is 1. The van der Waals surface area contributed by atoms with Crippen LogP contribution in [-0.2, 0) is 6.42 Å². The van der Waals surface area contributed by atoms with E-state index in [0.29, 0.717) is 12.1 Å². The summed E-state index contributed by atoms with van der Waals surface area (Å²) in [7, 11) is 0. The third-order valence-corrected chi connectivity index (χ3v) is 4.52. The maximum Gasteiger partial charge on any atom is 0.251 e. The molecular formula is C16H17N3OS. The lowest BCUT2D eigenvalue weighted by atomic mass is 10.1. The second kappa shape index (κ2) is 5.69. The molecule has 4 nitrogen and oxygen atoms in total. The molecule has 0 fully saturated rings. The molecule has 0 spiro atoms. The lowest BCUT2D eigenvalue weighted by Gasteiger charge is -2.04. The van der Waals surface area contributed by atoms with Crippen LogP contribution in [0.1, 0.15) is 26.6 Å². The molecule has 5 heteroatoms. The number of carbonyl (C=O) groups is 1. The second-order valence-electron chi connectivity index (χ2n) is 5.07. The molecule has 0 aliphatic rings. The average Bonchev–Trinajstić information content (AvgIpc) is 3.08. The van der Waals surface area contributed by atoms with Crippen molar-refractivity contribution in [1.82, 2.24) is 15.3 Å². The van der Waals surface area contributed by atoms with Crippen LogP contribution in [0.15, 0.2) is 29.8 Å². The molecule has 3 aromatic rings. The first-order chi connectivity index (χ1) is 10.1. The van der Waals surface area contributed by atoms with E-state index in [1.54, 1.807) is 17.5 Å². The predicted molar refractivity (Wildman–Crippen MR) is 85.9 cm³/mol. The summed E-state index contributed by atoms with van der Waals surface area (Å²) in [4.78, 5) is 19.7. The number of hydrogen-bond acceptors (Lipinski definition) is 3. The van der Waals surface area contributed by atoms with Gasteiger partial charge in [-0.05, 0) is 37.6 Å². The van der Waals surface area contributed by atoms with Crippen molar-refractivity contribution < 1.29 is 4.79 Å². The zero-order valence-electron chi connectivity index (χ0n) is 12.1. The van der Waals surface area contributed by atoms with E-state index in [2.05, 4.69) is 22.2 Å². The molecule has 0 saturated heterocycles. The van der Waals surface area contributed by atoms with Gasteiger partial charge in [-0.25, -0.2) is 4.98 Å². The number of nitrogens with one attached hydrogen (secondary N) is 2. The molecule has 0 aliphatic carbocycles. The number of amides is 1. The highest BCUT2D eigenvalue weighted by Crippen LogP contribution is 2.22. The van der Waals surface area contributed by atoms with E-state index in [4.69, 9.17) is 0 Å². The van der Waals surface area contributed by atoms with Gasteiger partial charge >= 0.3 is 0 Å². The van der Waals surface area contributed by atoms with E-state index in [9.17, 15) is 4.79 Å². The smallest absolute Gasteiger partial charge is 0.251 e. The third-order valence-electron chi connectivity index (χ3n) is 3.68. The van der Waals surface area contributed by atoms with Gasteiger partial charge < -0.3 is 10.3 Å². The van der Waals surface area contributed by atoms with Crippen molar-refractivity contribution >= 4 is 28.1 Å². The molecule has 0 aliphatic heterocycles. The summed E-state index contributed by atoms with van der Waals surface area (Å²) < 4.78 is 0. The molecule has 2 N–H and O–H groups in total. The van der Waals surface area contributed by atoms with Gasteiger partial charge in [0.05, 0.1) is 5.01 Å². The number of nitrogens with zero attached hydrogens (tertiary/aromatic N) is 1. The molecular weight excluding hydrogens is 282 g/mol. The Hall–Kier alpha value is -2.14. The van der Waals surface area contributed by atoms with Crippen molar-refractivity contribution in [1.29, 1.82) is 0 Å². The van der Waals surface area contributed by atoms with Gasteiger partial charge in [0.15, 0.2) is 0 Å². The Morgan fingerprint density at radius 2 is 2.24 bits per heavy atom. The number of fused-ring (bicyclic) bond motifs is 1. The first kappa shape index (κ1) is 13.8. The molecule has 0 atom stereocenters. The maximum atomic E-state index is 12.2. The summed E-state index contributed by atoms with van der Waals surface area (Å²) in [6.07, 6.45) is 2.56. The normalized spacial score (nSPS) is 11.0. The lowest BCUT2D eigenvalue weighted by Crippen LogP contribution is -2.25. The van der Waals surface area contributed by atoms with Gasteiger partial charge in [-0.3, -0.25) is 4.79 Å². The van der Waals surface area contributed by atoms with Gasteiger partial charge in [-0.2, -0.15) is 0 Å². The van der Waals surface area contributed by atoms with E-state index >= 15 is 0 Å². The third kappa shape index (κ3) is 2.83. The Balaban J connectivity index is 1.70. The van der Waals surface area contributed by atoms with Crippen LogP contribution in [-0.4, -0.2) is 22.4 Å². The molecule has 1 amide bonds. The quantitative estimate of drug-likeness (QED) is 0.777. The Kier molecular flexibility index (Phi) is 3.75. The van der Waals surface area contributed by atoms with Gasteiger partial charge in [0.1, 0.15) is 0 Å². The van der Waals surface area contributed by atoms with Crippen molar-refractivity contribution in [2.24, 2.45) is 0 Å². The highest BCUT2D eigenvalue weighted by Gasteiger charge is 2.09. The lowest BCUT2D eigenvalue weighted by molar-refractivity contribution is 0.0954. The fourth-order valence-corrected chi connectivity index (χ4v) is 2.98. The van der Waals surface area contributed by atoms with Crippen molar-refractivity contribution in [3.05, 3.63) is 51.6 Å². The molecule has 3 rings (SSSR count). The number of aromatic amines is 1. The van der Waals surface area contributed by atoms with Gasteiger partial charge in [0.25, 0.3) is 5.91 Å². The minimum Gasteiger partial charge on any atom is -0.358 e. The standard InChI is InChI=1S/C16H17N3OS/c1-10-11(2)19-14-4-3-12(9-13(10)14)16(20)18-6-5-15-17-7-8-21-15/h3-4,7-9,19H,5-6H2,1-2H3,(H,18,20). The van der Waals surface area contributed by atoms with Gasteiger partial charge in [0, 0.05) is 46.7 Å². The first-order valence-electron chi connectivity index (χ1n) is 6.90. The van der Waals surface area contributed by atoms with Crippen LogP contribution < -0.4 is 5.32 Å². The SMILES string of the molecule is Cc1[nH]c2ccc(C(=O)NCCc3nccs3)cc2c1C. The highest BCUT2D eigenvalue weighted by atomic mass is 32.1. The number of rotatable bonds is 4. The van der Waals surface area contributed by atoms with Gasteiger partial charge in [-0.1, -0.05) is 0 Å². The van der Waals surface area contributed by atoms with Crippen LogP contribution in [0, 0.1) is 13.8 Å². The predicted octanol–water partition coefficient (Wildman–Crippen LogP) is 3.21. The Bertz CT molecular complexity index is 774. The van der Waals surface area contributed by atoms with Crippen LogP contribution in [0.4, 0.5) is 0 Å². The van der Waals surface area contributed by atoms with Crippen molar-refractivity contribution in [3.63, 3.8) is 0 Å². The van der Waals surface area contributed by atoms with E-state index in [0.717, 1.165) is 28.0 Å². The number of aromatic nitrogens is 2. The zero-order chi connectivity index (χ0) is 14.8. The molecule has 1 aromatic carbocycles. The number of carbonyl (C=O) groups excluding carboxylic acids is 1. The number of hydrogen-bond donors (Lipinski definition) is 2. The topological polar surface area (TPSA) is 57.8 Å². The largest absolute Gasteiger partial charge is 0.358 e. The first-order valence-corrected chi connectivity index (χ1v) is 7.78. The van der Waals surface area contributed by atoms with Gasteiger partial charge in [0.2, 0.25) is 0 Å². The van der Waals surface area contributed by atoms with E-state index < -0.39 is 0 Å². The minimum absolute atomic E-state index is 0.0355. The average molecular weight is 299 g/mol. The number of aryl methyl sites for hydroxylation is 2. The van der Waals surface area contributed by atoms with Crippen LogP contribution >= 0.6 is 11.3 Å². The molecule has 0 radical (unpaired) electrons. The molecule has 108 valence electrons. The number of benzene rings is 1. The minimum atomic E-state index is -0.0355. The summed E-state index contributed by atoms with van der Waals surface area (Å²) in [6.45, 7) is 4.72. The molecule has 0 saturated carbocycles. The van der Waals surface area contributed by atoms with E-state index in [1.165, 1.54) is 5.56 Å². The molecule has 21 heavy (non-hydrogen) atoms. The summed E-state index contributed by atoms with van der Waals surface area (Å²) in [5.74, 6) is -0.0355.